The second-order valence-electron chi connectivity index (χ2n) is 4.42. The SMILES string of the molecule is C1=C2Cc3cccc4ccc(c2c34)C[CH+]1. The van der Waals surface area contributed by atoms with Crippen molar-refractivity contribution < 1.29 is 0 Å². The Morgan fingerprint density at radius 3 is 3.00 bits per heavy atom. The second kappa shape index (κ2) is 2.46. The van der Waals surface area contributed by atoms with E-state index in [2.05, 4.69) is 42.8 Å². The van der Waals surface area contributed by atoms with Crippen LogP contribution in [0.4, 0.5) is 0 Å². The van der Waals surface area contributed by atoms with Gasteiger partial charge in [0.2, 0.25) is 0 Å². The highest BCUT2D eigenvalue weighted by molar-refractivity contribution is 6.03. The fraction of sp³-hybridized carbons (Fsp3) is 0.133. The number of rotatable bonds is 0. The Morgan fingerprint density at radius 1 is 1.00 bits per heavy atom. The molecular formula is C15H11+. The van der Waals surface area contributed by atoms with Crippen LogP contribution in [0.25, 0.3) is 16.3 Å². The van der Waals surface area contributed by atoms with Gasteiger partial charge in [-0.1, -0.05) is 30.3 Å². The molecule has 0 heteroatoms. The van der Waals surface area contributed by atoms with Crippen molar-refractivity contribution in [2.24, 2.45) is 0 Å². The summed E-state index contributed by atoms with van der Waals surface area (Å²) < 4.78 is 0. The fourth-order valence-electron chi connectivity index (χ4n) is 2.95. The van der Waals surface area contributed by atoms with Crippen molar-refractivity contribution in [1.29, 1.82) is 0 Å². The average molecular weight is 191 g/mol. The van der Waals surface area contributed by atoms with Gasteiger partial charge in [0, 0.05) is 17.4 Å². The highest BCUT2D eigenvalue weighted by Crippen LogP contribution is 2.42. The van der Waals surface area contributed by atoms with Gasteiger partial charge < -0.3 is 0 Å². The Morgan fingerprint density at radius 2 is 2.00 bits per heavy atom. The van der Waals surface area contributed by atoms with Crippen LogP contribution in [0.1, 0.15) is 16.7 Å². The second-order valence-corrected chi connectivity index (χ2v) is 4.42. The summed E-state index contributed by atoms with van der Waals surface area (Å²) in [7, 11) is 0. The fourth-order valence-corrected chi connectivity index (χ4v) is 2.95. The molecule has 0 aliphatic heterocycles. The Kier molecular flexibility index (Phi) is 1.24. The molecule has 0 spiro atoms. The molecule has 0 fully saturated rings. The topological polar surface area (TPSA) is 0 Å². The number of hydrogen-bond acceptors (Lipinski definition) is 0. The van der Waals surface area contributed by atoms with Crippen LogP contribution in [0, 0.1) is 6.42 Å². The third-order valence-corrected chi connectivity index (χ3v) is 3.58. The maximum atomic E-state index is 2.31. The van der Waals surface area contributed by atoms with Crippen molar-refractivity contribution in [3.63, 3.8) is 0 Å². The van der Waals surface area contributed by atoms with Crippen LogP contribution in [0.2, 0.25) is 0 Å². The van der Waals surface area contributed by atoms with E-state index < -0.39 is 0 Å². The normalized spacial score (nSPS) is 16.4. The average Bonchev–Trinajstić information content (AvgIpc) is 2.66. The molecule has 0 saturated carbocycles. The lowest BCUT2D eigenvalue weighted by molar-refractivity contribution is 1.16. The molecule has 0 atom stereocenters. The summed E-state index contributed by atoms with van der Waals surface area (Å²) in [6, 6.07) is 11.2. The summed E-state index contributed by atoms with van der Waals surface area (Å²) in [5.41, 5.74) is 6.06. The molecule has 0 aromatic heterocycles. The molecule has 0 bridgehead atoms. The van der Waals surface area contributed by atoms with E-state index in [0.29, 0.717) is 0 Å². The minimum absolute atomic E-state index is 1.10. The third-order valence-electron chi connectivity index (χ3n) is 3.58. The summed E-state index contributed by atoms with van der Waals surface area (Å²) in [5.74, 6) is 0. The van der Waals surface area contributed by atoms with Crippen molar-refractivity contribution in [2.75, 3.05) is 0 Å². The quantitative estimate of drug-likeness (QED) is 0.559. The van der Waals surface area contributed by atoms with Crippen molar-refractivity contribution in [2.45, 2.75) is 12.8 Å². The molecule has 2 aromatic carbocycles. The van der Waals surface area contributed by atoms with Crippen LogP contribution in [0.5, 0.6) is 0 Å². The minimum atomic E-state index is 1.10. The van der Waals surface area contributed by atoms with Crippen LogP contribution in [-0.4, -0.2) is 0 Å². The van der Waals surface area contributed by atoms with Crippen molar-refractivity contribution in [3.8, 4) is 0 Å². The van der Waals surface area contributed by atoms with Gasteiger partial charge in [0.15, 0.2) is 0 Å². The first-order valence-corrected chi connectivity index (χ1v) is 5.50. The van der Waals surface area contributed by atoms with E-state index in [1.54, 1.807) is 0 Å². The summed E-state index contributed by atoms with van der Waals surface area (Å²) in [6.07, 6.45) is 6.82. The lowest BCUT2D eigenvalue weighted by Gasteiger charge is -2.07. The maximum absolute atomic E-state index is 2.31. The van der Waals surface area contributed by atoms with Gasteiger partial charge in [0.05, 0.1) is 30.1 Å². The molecule has 0 N–H and O–H groups in total. The van der Waals surface area contributed by atoms with Gasteiger partial charge in [0.25, 0.3) is 0 Å². The van der Waals surface area contributed by atoms with Crippen LogP contribution in [0.15, 0.2) is 36.4 Å². The van der Waals surface area contributed by atoms with Gasteiger partial charge in [-0.3, -0.25) is 0 Å². The van der Waals surface area contributed by atoms with E-state index in [9.17, 15) is 0 Å². The number of benzene rings is 2. The zero-order chi connectivity index (χ0) is 9.83. The first-order valence-electron chi connectivity index (χ1n) is 5.50. The molecular weight excluding hydrogens is 180 g/mol. The molecule has 4 rings (SSSR count). The van der Waals surface area contributed by atoms with Crippen molar-refractivity contribution in [3.05, 3.63) is 59.5 Å². The van der Waals surface area contributed by atoms with E-state index in [1.165, 1.54) is 33.0 Å². The molecule has 0 amide bonds. The predicted octanol–water partition coefficient (Wildman–Crippen LogP) is 3.54. The number of allylic oxidation sites excluding steroid dienone is 2. The van der Waals surface area contributed by atoms with Gasteiger partial charge in [-0.05, 0) is 10.9 Å². The molecule has 0 nitrogen and oxygen atoms in total. The van der Waals surface area contributed by atoms with E-state index in [-0.39, 0.29) is 0 Å². The van der Waals surface area contributed by atoms with Gasteiger partial charge >= 0.3 is 0 Å². The van der Waals surface area contributed by atoms with Crippen molar-refractivity contribution >= 4 is 16.3 Å². The van der Waals surface area contributed by atoms with E-state index in [0.717, 1.165) is 12.8 Å². The number of hydrogen-bond donors (Lipinski definition) is 0. The van der Waals surface area contributed by atoms with Gasteiger partial charge in [-0.15, -0.1) is 0 Å². The highest BCUT2D eigenvalue weighted by atomic mass is 14.3. The van der Waals surface area contributed by atoms with E-state index >= 15 is 0 Å². The third kappa shape index (κ3) is 0.847. The minimum Gasteiger partial charge on any atom is -0.0613 e. The molecule has 0 radical (unpaired) electrons. The Labute approximate surface area is 89.2 Å². The predicted molar refractivity (Wildman–Crippen MR) is 63.6 cm³/mol. The zero-order valence-corrected chi connectivity index (χ0v) is 8.46. The summed E-state index contributed by atoms with van der Waals surface area (Å²) >= 11 is 0. The molecule has 15 heavy (non-hydrogen) atoms. The molecule has 0 heterocycles. The molecule has 2 aliphatic rings. The monoisotopic (exact) mass is 191 g/mol. The first kappa shape index (κ1) is 7.58. The summed E-state index contributed by atoms with van der Waals surface area (Å²) in [5, 5.41) is 2.91. The van der Waals surface area contributed by atoms with E-state index in [4.69, 9.17) is 0 Å². The largest absolute Gasteiger partial charge is 0.0982 e. The molecule has 2 aliphatic carbocycles. The Bertz CT molecular complexity index is 603. The first-order chi connectivity index (χ1) is 7.43. The van der Waals surface area contributed by atoms with Crippen LogP contribution < -0.4 is 0 Å². The van der Waals surface area contributed by atoms with Gasteiger partial charge in [-0.2, -0.15) is 0 Å². The smallest absolute Gasteiger partial charge is 0.0613 e. The van der Waals surface area contributed by atoms with Crippen LogP contribution in [-0.2, 0) is 12.8 Å². The summed E-state index contributed by atoms with van der Waals surface area (Å²) in [6.45, 7) is 0. The maximum Gasteiger partial charge on any atom is 0.0982 e. The molecule has 70 valence electrons. The molecule has 0 unspecified atom stereocenters. The highest BCUT2D eigenvalue weighted by Gasteiger charge is 2.29. The van der Waals surface area contributed by atoms with E-state index in [1.807, 2.05) is 0 Å². The van der Waals surface area contributed by atoms with Crippen LogP contribution in [0.3, 0.4) is 0 Å². The standard InChI is InChI=1S/C15H11/c1-3-10-7-8-11-4-2-6-13-9-12(5-1)14(10)15(11)13/h1-3,5-8H,4,9H2/q+1. The zero-order valence-electron chi connectivity index (χ0n) is 8.46. The lowest BCUT2D eigenvalue weighted by atomic mass is 9.91. The van der Waals surface area contributed by atoms with Gasteiger partial charge in [0.1, 0.15) is 0 Å². The molecule has 2 aromatic rings. The van der Waals surface area contributed by atoms with Gasteiger partial charge in [-0.25, -0.2) is 0 Å². The lowest BCUT2D eigenvalue weighted by Crippen LogP contribution is -1.97. The Hall–Kier alpha value is -1.69. The Balaban J connectivity index is 2.27. The molecule has 0 saturated heterocycles. The van der Waals surface area contributed by atoms with Crippen molar-refractivity contribution in [1.82, 2.24) is 0 Å². The summed E-state index contributed by atoms with van der Waals surface area (Å²) in [4.78, 5) is 0. The van der Waals surface area contributed by atoms with Crippen LogP contribution >= 0.6 is 0 Å².